The molecule has 0 saturated heterocycles. The minimum Gasteiger partial charge on any atom is -0.508 e. The quantitative estimate of drug-likeness (QED) is 0.229. The molecule has 2 saturated carbocycles. The molecule has 0 spiro atoms. The van der Waals surface area contributed by atoms with Gasteiger partial charge in [-0.2, -0.15) is 0 Å². The summed E-state index contributed by atoms with van der Waals surface area (Å²) in [5, 5.41) is 21.0. The number of alkyl halides is 2. The van der Waals surface area contributed by atoms with Crippen LogP contribution in [0.3, 0.4) is 0 Å². The topological polar surface area (TPSA) is 57.5 Å². The van der Waals surface area contributed by atoms with E-state index in [1.54, 1.807) is 0 Å². The maximum Gasteiger partial charge on any atom is 0.245 e. The Morgan fingerprint density at radius 3 is 2.42 bits per heavy atom. The van der Waals surface area contributed by atoms with Crippen molar-refractivity contribution in [1.29, 1.82) is 0 Å². The molecule has 0 radical (unpaired) electrons. The number of hydrogen-bond acceptors (Lipinski definition) is 3. The number of rotatable bonds is 14. The second kappa shape index (κ2) is 13.1. The smallest absolute Gasteiger partial charge is 0.245 e. The first-order valence-corrected chi connectivity index (χ1v) is 16.8. The van der Waals surface area contributed by atoms with E-state index < -0.39 is 16.7 Å². The highest BCUT2D eigenvalue weighted by atomic mass is 32.2. The summed E-state index contributed by atoms with van der Waals surface area (Å²) in [6.45, 7) is 3.27. The fourth-order valence-corrected chi connectivity index (χ4v) is 9.43. The Labute approximate surface area is 231 Å². The van der Waals surface area contributed by atoms with Crippen LogP contribution >= 0.6 is 0 Å². The van der Waals surface area contributed by atoms with Crippen molar-refractivity contribution in [2.24, 2.45) is 23.2 Å². The average Bonchev–Trinajstić information content (AvgIpc) is 3.16. The zero-order valence-corrected chi connectivity index (χ0v) is 24.4. The second-order valence-corrected chi connectivity index (χ2v) is 14.8. The number of aromatic hydroxyl groups is 1. The number of aliphatic hydroxyl groups excluding tert-OH is 1. The van der Waals surface area contributed by atoms with Crippen LogP contribution in [0.2, 0.25) is 0 Å². The van der Waals surface area contributed by atoms with E-state index in [1.807, 2.05) is 12.1 Å². The van der Waals surface area contributed by atoms with Crippen LogP contribution in [-0.4, -0.2) is 38.0 Å². The SMILES string of the molecule is CC(F)(F)CCCS(=O)CCCCCCCCC[C@@H]1Cc2cc(O)ccc2[C@H]2CC[C@]3(C)[C@@H](O)CC[C@H]3C12. The molecule has 1 aromatic carbocycles. The van der Waals surface area contributed by atoms with Crippen molar-refractivity contribution < 1.29 is 23.2 Å². The number of benzene rings is 1. The third-order valence-electron chi connectivity index (χ3n) is 10.3. The summed E-state index contributed by atoms with van der Waals surface area (Å²) >= 11 is 0. The Morgan fingerprint density at radius 1 is 1.00 bits per heavy atom. The molecule has 0 aliphatic heterocycles. The first-order valence-electron chi connectivity index (χ1n) is 15.3. The van der Waals surface area contributed by atoms with Gasteiger partial charge in [-0.1, -0.05) is 51.5 Å². The van der Waals surface area contributed by atoms with Gasteiger partial charge in [0, 0.05) is 28.7 Å². The maximum atomic E-state index is 12.9. The molecule has 6 heteroatoms. The van der Waals surface area contributed by atoms with Gasteiger partial charge in [-0.3, -0.25) is 4.21 Å². The third kappa shape index (κ3) is 7.38. The minimum absolute atomic E-state index is 0.0680. The Balaban J connectivity index is 1.19. The van der Waals surface area contributed by atoms with Crippen molar-refractivity contribution in [3.05, 3.63) is 29.3 Å². The molecule has 3 nitrogen and oxygen atoms in total. The number of phenols is 1. The summed E-state index contributed by atoms with van der Waals surface area (Å²) in [6, 6.07) is 6.03. The van der Waals surface area contributed by atoms with Crippen LogP contribution in [0.5, 0.6) is 5.75 Å². The molecule has 2 unspecified atom stereocenters. The van der Waals surface area contributed by atoms with Gasteiger partial charge in [0.1, 0.15) is 5.75 Å². The molecule has 0 amide bonds. The Morgan fingerprint density at radius 2 is 1.68 bits per heavy atom. The van der Waals surface area contributed by atoms with Crippen LogP contribution in [0.1, 0.15) is 121 Å². The van der Waals surface area contributed by atoms with Crippen molar-refractivity contribution in [2.75, 3.05) is 11.5 Å². The van der Waals surface area contributed by atoms with E-state index in [4.69, 9.17) is 0 Å². The van der Waals surface area contributed by atoms with E-state index in [0.29, 0.717) is 47.3 Å². The summed E-state index contributed by atoms with van der Waals surface area (Å²) in [5.41, 5.74) is 2.87. The molecule has 3 aliphatic carbocycles. The van der Waals surface area contributed by atoms with E-state index in [-0.39, 0.29) is 17.9 Å². The molecule has 7 atom stereocenters. The molecular formula is C32H50F2O3S. The zero-order chi connectivity index (χ0) is 27.3. The normalized spacial score (nSPS) is 31.4. The van der Waals surface area contributed by atoms with Crippen molar-refractivity contribution in [1.82, 2.24) is 0 Å². The third-order valence-corrected chi connectivity index (χ3v) is 11.8. The van der Waals surface area contributed by atoms with E-state index in [1.165, 1.54) is 43.2 Å². The predicted octanol–water partition coefficient (Wildman–Crippen LogP) is 8.14. The molecule has 2 N–H and O–H groups in total. The first kappa shape index (κ1) is 30.0. The number of unbranched alkanes of at least 4 members (excludes halogenated alkanes) is 6. The lowest BCUT2D eigenvalue weighted by molar-refractivity contribution is -0.0396. The van der Waals surface area contributed by atoms with Gasteiger partial charge in [0.2, 0.25) is 5.92 Å². The van der Waals surface area contributed by atoms with Crippen LogP contribution in [0.4, 0.5) is 8.78 Å². The molecule has 0 aromatic heterocycles. The van der Waals surface area contributed by atoms with Crippen LogP contribution in [0, 0.1) is 23.2 Å². The van der Waals surface area contributed by atoms with Crippen LogP contribution in [0.25, 0.3) is 0 Å². The second-order valence-electron chi connectivity index (χ2n) is 13.1. The fraction of sp³-hybridized carbons (Fsp3) is 0.812. The summed E-state index contributed by atoms with van der Waals surface area (Å²) in [4.78, 5) is 0. The molecular weight excluding hydrogens is 502 g/mol. The number of halogens is 2. The zero-order valence-electron chi connectivity index (χ0n) is 23.6. The Kier molecular flexibility index (Phi) is 10.3. The molecule has 4 rings (SSSR count). The Bertz CT molecular complexity index is 932. The van der Waals surface area contributed by atoms with Crippen molar-refractivity contribution in [3.63, 3.8) is 0 Å². The van der Waals surface area contributed by atoms with Crippen LogP contribution < -0.4 is 0 Å². The number of hydrogen-bond donors (Lipinski definition) is 2. The van der Waals surface area contributed by atoms with Gasteiger partial charge in [0.05, 0.1) is 6.10 Å². The fourth-order valence-electron chi connectivity index (χ4n) is 8.23. The van der Waals surface area contributed by atoms with Gasteiger partial charge >= 0.3 is 0 Å². The predicted molar refractivity (Wildman–Crippen MR) is 152 cm³/mol. The van der Waals surface area contributed by atoms with E-state index in [2.05, 4.69) is 13.0 Å². The summed E-state index contributed by atoms with van der Waals surface area (Å²) in [6.07, 6.45) is 14.7. The van der Waals surface area contributed by atoms with Crippen LogP contribution in [0.15, 0.2) is 18.2 Å². The minimum atomic E-state index is -2.65. The first-order chi connectivity index (χ1) is 18.1. The Hall–Kier alpha value is -1.01. The highest BCUT2D eigenvalue weighted by Gasteiger charge is 2.56. The lowest BCUT2D eigenvalue weighted by Gasteiger charge is -2.53. The molecule has 0 bridgehead atoms. The molecule has 1 aromatic rings. The van der Waals surface area contributed by atoms with Crippen molar-refractivity contribution in [2.45, 2.75) is 128 Å². The number of phenolic OH excluding ortho intramolecular Hbond substituents is 1. The highest BCUT2D eigenvalue weighted by Crippen LogP contribution is 2.62. The maximum absolute atomic E-state index is 12.9. The summed E-state index contributed by atoms with van der Waals surface area (Å²) in [5.74, 6) is 1.22. The lowest BCUT2D eigenvalue weighted by atomic mass is 9.52. The largest absolute Gasteiger partial charge is 0.508 e. The summed E-state index contributed by atoms with van der Waals surface area (Å²) in [7, 11) is -0.961. The molecule has 2 fully saturated rings. The van der Waals surface area contributed by atoms with Gasteiger partial charge in [0.25, 0.3) is 0 Å². The van der Waals surface area contributed by atoms with Gasteiger partial charge in [0.15, 0.2) is 0 Å². The monoisotopic (exact) mass is 552 g/mol. The van der Waals surface area contributed by atoms with E-state index in [0.717, 1.165) is 58.3 Å². The van der Waals surface area contributed by atoms with Crippen LogP contribution in [-0.2, 0) is 17.2 Å². The number of aliphatic hydroxyl groups is 1. The van der Waals surface area contributed by atoms with E-state index >= 15 is 0 Å². The summed E-state index contributed by atoms with van der Waals surface area (Å²) < 4.78 is 37.7. The lowest BCUT2D eigenvalue weighted by Crippen LogP contribution is -2.47. The van der Waals surface area contributed by atoms with Crippen molar-refractivity contribution in [3.8, 4) is 5.75 Å². The molecule has 216 valence electrons. The van der Waals surface area contributed by atoms with Gasteiger partial charge in [-0.25, -0.2) is 8.78 Å². The van der Waals surface area contributed by atoms with Crippen molar-refractivity contribution >= 4 is 10.8 Å². The number of fused-ring (bicyclic) bond motifs is 5. The standard InChI is InChI=1S/C32H50F2O3S/c1-31-18-16-27-26-13-12-25(35)22-24(26)21-23(30(27)28(31)14-15-29(31)36)11-8-6-4-3-5-7-9-19-38(37)20-10-17-32(2,33)34/h12-13,22-23,27-30,35-36H,3-11,14-21H2,1-2H3/t23-,27-,28+,29+,30?,31+,38?/m1/s1. The van der Waals surface area contributed by atoms with Gasteiger partial charge in [-0.05, 0) is 111 Å². The molecule has 3 aliphatic rings. The molecule has 0 heterocycles. The highest BCUT2D eigenvalue weighted by molar-refractivity contribution is 7.84. The average molecular weight is 553 g/mol. The van der Waals surface area contributed by atoms with E-state index in [9.17, 15) is 23.2 Å². The van der Waals surface area contributed by atoms with Gasteiger partial charge in [-0.15, -0.1) is 0 Å². The van der Waals surface area contributed by atoms with Gasteiger partial charge < -0.3 is 10.2 Å². The molecule has 38 heavy (non-hydrogen) atoms.